The number of thiazole rings is 1. The zero-order valence-electron chi connectivity index (χ0n) is 7.32. The van der Waals surface area contributed by atoms with Gasteiger partial charge >= 0.3 is 0 Å². The molecule has 1 aromatic heterocycles. The van der Waals surface area contributed by atoms with Crippen molar-refractivity contribution in [2.75, 3.05) is 13.1 Å². The molecule has 1 aliphatic heterocycles. The molecule has 1 N–H and O–H groups in total. The summed E-state index contributed by atoms with van der Waals surface area (Å²) in [6.45, 7) is 2.13. The van der Waals surface area contributed by atoms with Gasteiger partial charge in [0.25, 0.3) is 0 Å². The average molecular weight is 196 g/mol. The van der Waals surface area contributed by atoms with E-state index in [2.05, 4.69) is 10.3 Å². The molecule has 1 atom stereocenters. The number of nitrogens with one attached hydrogen (secondary N) is 1. The van der Waals surface area contributed by atoms with E-state index in [9.17, 15) is 4.79 Å². The fraction of sp³-hybridized carbons (Fsp3) is 0.556. The van der Waals surface area contributed by atoms with Crippen molar-refractivity contribution in [3.8, 4) is 0 Å². The smallest absolute Gasteiger partial charge is 0.125 e. The fourth-order valence-electron chi connectivity index (χ4n) is 1.55. The van der Waals surface area contributed by atoms with Crippen molar-refractivity contribution in [3.05, 3.63) is 16.1 Å². The molecule has 0 spiro atoms. The quantitative estimate of drug-likeness (QED) is 0.732. The number of hydrogen-bond donors (Lipinski definition) is 1. The summed E-state index contributed by atoms with van der Waals surface area (Å²) in [6, 6.07) is 0. The largest absolute Gasteiger partial charge is 0.316 e. The van der Waals surface area contributed by atoms with Crippen LogP contribution in [0.3, 0.4) is 0 Å². The van der Waals surface area contributed by atoms with E-state index < -0.39 is 0 Å². The highest BCUT2D eigenvalue weighted by Crippen LogP contribution is 2.25. The van der Waals surface area contributed by atoms with Gasteiger partial charge in [0.15, 0.2) is 0 Å². The van der Waals surface area contributed by atoms with Crippen molar-refractivity contribution in [3.63, 3.8) is 0 Å². The fourth-order valence-corrected chi connectivity index (χ4v) is 2.52. The molecule has 1 saturated heterocycles. The Labute approximate surface area is 81.2 Å². The molecule has 0 saturated carbocycles. The van der Waals surface area contributed by atoms with Crippen LogP contribution in [0.25, 0.3) is 0 Å². The molecule has 0 bridgehead atoms. The minimum Gasteiger partial charge on any atom is -0.316 e. The topological polar surface area (TPSA) is 42.0 Å². The standard InChI is InChI=1S/C9H12N2OS/c12-4-2-8-6-13-9(11-8)7-1-3-10-5-7/h4,6-7,10H,1-3,5H2. The van der Waals surface area contributed by atoms with Crippen molar-refractivity contribution in [1.82, 2.24) is 10.3 Å². The van der Waals surface area contributed by atoms with Gasteiger partial charge in [0.05, 0.1) is 10.7 Å². The van der Waals surface area contributed by atoms with Gasteiger partial charge in [-0.1, -0.05) is 0 Å². The Morgan fingerprint density at radius 2 is 2.69 bits per heavy atom. The van der Waals surface area contributed by atoms with E-state index in [0.29, 0.717) is 12.3 Å². The third-order valence-corrected chi connectivity index (χ3v) is 3.33. The normalized spacial score (nSPS) is 22.0. The number of hydrogen-bond acceptors (Lipinski definition) is 4. The second kappa shape index (κ2) is 3.98. The Bertz CT molecular complexity index is 292. The Kier molecular flexibility index (Phi) is 2.71. The van der Waals surface area contributed by atoms with Gasteiger partial charge in [-0.25, -0.2) is 4.98 Å². The molecule has 1 unspecified atom stereocenters. The lowest BCUT2D eigenvalue weighted by Gasteiger charge is -2.01. The second-order valence-corrected chi connectivity index (χ2v) is 4.13. The van der Waals surface area contributed by atoms with E-state index >= 15 is 0 Å². The molecular formula is C9H12N2OS. The van der Waals surface area contributed by atoms with Crippen LogP contribution in [-0.2, 0) is 11.2 Å². The van der Waals surface area contributed by atoms with Gasteiger partial charge < -0.3 is 10.1 Å². The van der Waals surface area contributed by atoms with Crippen LogP contribution < -0.4 is 5.32 Å². The van der Waals surface area contributed by atoms with Crippen molar-refractivity contribution in [2.45, 2.75) is 18.8 Å². The molecule has 4 heteroatoms. The summed E-state index contributed by atoms with van der Waals surface area (Å²) in [4.78, 5) is 14.7. The van der Waals surface area contributed by atoms with Gasteiger partial charge in [-0.3, -0.25) is 0 Å². The molecule has 1 aromatic rings. The van der Waals surface area contributed by atoms with Gasteiger partial charge in [0.2, 0.25) is 0 Å². The van der Waals surface area contributed by atoms with E-state index in [1.807, 2.05) is 5.38 Å². The maximum atomic E-state index is 10.3. The number of nitrogens with zero attached hydrogens (tertiary/aromatic N) is 1. The predicted molar refractivity (Wildman–Crippen MR) is 52.1 cm³/mol. The van der Waals surface area contributed by atoms with Gasteiger partial charge in [0.1, 0.15) is 6.29 Å². The molecule has 0 amide bonds. The maximum Gasteiger partial charge on any atom is 0.125 e. The molecule has 70 valence electrons. The lowest BCUT2D eigenvalue weighted by atomic mass is 10.1. The molecule has 0 aromatic carbocycles. The van der Waals surface area contributed by atoms with Crippen LogP contribution in [0.5, 0.6) is 0 Å². The van der Waals surface area contributed by atoms with Crippen LogP contribution in [0.2, 0.25) is 0 Å². The zero-order chi connectivity index (χ0) is 9.10. The minimum atomic E-state index is 0.455. The highest BCUT2D eigenvalue weighted by Gasteiger charge is 2.19. The lowest BCUT2D eigenvalue weighted by molar-refractivity contribution is -0.107. The van der Waals surface area contributed by atoms with E-state index in [0.717, 1.165) is 25.1 Å². The SMILES string of the molecule is O=CCc1csc(C2CCNC2)n1. The third-order valence-electron chi connectivity index (χ3n) is 2.27. The molecule has 2 rings (SSSR count). The third kappa shape index (κ3) is 1.95. The first-order chi connectivity index (χ1) is 6.40. The molecule has 1 fully saturated rings. The number of aldehydes is 1. The number of carbonyl (C=O) groups is 1. The highest BCUT2D eigenvalue weighted by molar-refractivity contribution is 7.09. The van der Waals surface area contributed by atoms with Crippen molar-refractivity contribution in [2.24, 2.45) is 0 Å². The molecule has 0 aliphatic carbocycles. The summed E-state index contributed by atoms with van der Waals surface area (Å²) >= 11 is 1.68. The van der Waals surface area contributed by atoms with E-state index in [1.165, 1.54) is 11.4 Å². The summed E-state index contributed by atoms with van der Waals surface area (Å²) < 4.78 is 0. The molecule has 0 radical (unpaired) electrons. The summed E-state index contributed by atoms with van der Waals surface area (Å²) in [5, 5.41) is 6.48. The maximum absolute atomic E-state index is 10.3. The molecular weight excluding hydrogens is 184 g/mol. The molecule has 13 heavy (non-hydrogen) atoms. The Balaban J connectivity index is 2.07. The highest BCUT2D eigenvalue weighted by atomic mass is 32.1. The lowest BCUT2D eigenvalue weighted by Crippen LogP contribution is -2.07. The van der Waals surface area contributed by atoms with E-state index in [4.69, 9.17) is 0 Å². The Morgan fingerprint density at radius 1 is 1.77 bits per heavy atom. The first-order valence-corrected chi connectivity index (χ1v) is 5.37. The predicted octanol–water partition coefficient (Wildman–Crippen LogP) is 0.961. The summed E-state index contributed by atoms with van der Waals surface area (Å²) in [7, 11) is 0. The number of aromatic nitrogens is 1. The average Bonchev–Trinajstić information content (AvgIpc) is 2.70. The zero-order valence-corrected chi connectivity index (χ0v) is 8.14. The second-order valence-electron chi connectivity index (χ2n) is 3.24. The Morgan fingerprint density at radius 3 is 3.38 bits per heavy atom. The van der Waals surface area contributed by atoms with Crippen LogP contribution >= 0.6 is 11.3 Å². The van der Waals surface area contributed by atoms with Crippen LogP contribution in [-0.4, -0.2) is 24.4 Å². The first kappa shape index (κ1) is 8.84. The summed E-state index contributed by atoms with van der Waals surface area (Å²) in [5.74, 6) is 0.574. The van der Waals surface area contributed by atoms with Crippen LogP contribution in [0.15, 0.2) is 5.38 Å². The monoisotopic (exact) mass is 196 g/mol. The van der Waals surface area contributed by atoms with E-state index in [1.54, 1.807) is 11.3 Å². The van der Waals surface area contributed by atoms with Gasteiger partial charge in [-0.05, 0) is 13.0 Å². The van der Waals surface area contributed by atoms with Crippen molar-refractivity contribution < 1.29 is 4.79 Å². The van der Waals surface area contributed by atoms with E-state index in [-0.39, 0.29) is 0 Å². The summed E-state index contributed by atoms with van der Waals surface area (Å²) in [5.41, 5.74) is 0.918. The van der Waals surface area contributed by atoms with Gasteiger partial charge in [-0.15, -0.1) is 11.3 Å². The van der Waals surface area contributed by atoms with Crippen molar-refractivity contribution >= 4 is 17.6 Å². The molecule has 1 aliphatic rings. The number of carbonyl (C=O) groups excluding carboxylic acids is 1. The van der Waals surface area contributed by atoms with Crippen LogP contribution in [0.1, 0.15) is 23.0 Å². The van der Waals surface area contributed by atoms with Crippen LogP contribution in [0, 0.1) is 0 Å². The van der Waals surface area contributed by atoms with Crippen LogP contribution in [0.4, 0.5) is 0 Å². The van der Waals surface area contributed by atoms with Crippen molar-refractivity contribution in [1.29, 1.82) is 0 Å². The summed E-state index contributed by atoms with van der Waals surface area (Å²) in [6.07, 6.45) is 2.54. The Hall–Kier alpha value is -0.740. The minimum absolute atomic E-state index is 0.455. The van der Waals surface area contributed by atoms with Gasteiger partial charge in [-0.2, -0.15) is 0 Å². The first-order valence-electron chi connectivity index (χ1n) is 4.49. The number of rotatable bonds is 3. The molecule has 2 heterocycles. The van der Waals surface area contributed by atoms with Gasteiger partial charge in [0, 0.05) is 24.3 Å². The molecule has 3 nitrogen and oxygen atoms in total.